The highest BCUT2D eigenvalue weighted by atomic mass is 35.5. The number of benzene rings is 2. The minimum absolute atomic E-state index is 0.250. The molecule has 0 saturated heterocycles. The lowest BCUT2D eigenvalue weighted by molar-refractivity contribution is 0.415. The molecule has 0 atom stereocenters. The molecular weight excluding hydrogens is 378 g/mol. The number of halogens is 1. The van der Waals surface area contributed by atoms with Crippen LogP contribution in [0, 0.1) is 6.92 Å². The number of nitrogens with zero attached hydrogens (tertiary/aromatic N) is 3. The Labute approximate surface area is 166 Å². The summed E-state index contributed by atoms with van der Waals surface area (Å²) in [6.45, 7) is 2.37. The Balaban J connectivity index is 1.60. The summed E-state index contributed by atoms with van der Waals surface area (Å²) in [6.07, 6.45) is 0. The fraction of sp³-hybridized carbons (Fsp3) is 0.150. The smallest absolute Gasteiger partial charge is 0.275 e. The van der Waals surface area contributed by atoms with E-state index >= 15 is 0 Å². The third-order valence-corrected chi connectivity index (χ3v) is 4.80. The molecule has 4 aromatic rings. The number of hydrogen-bond donors (Lipinski definition) is 2. The van der Waals surface area contributed by atoms with Gasteiger partial charge in [-0.2, -0.15) is 9.50 Å². The van der Waals surface area contributed by atoms with Gasteiger partial charge in [0.1, 0.15) is 5.75 Å². The number of hydrogen-bond acceptors (Lipinski definition) is 5. The summed E-state index contributed by atoms with van der Waals surface area (Å²) in [5.74, 6) is 1.59. The van der Waals surface area contributed by atoms with Gasteiger partial charge in [0.15, 0.2) is 5.82 Å². The van der Waals surface area contributed by atoms with E-state index in [2.05, 4.69) is 20.4 Å². The zero-order chi connectivity index (χ0) is 19.7. The van der Waals surface area contributed by atoms with Crippen LogP contribution in [0.3, 0.4) is 0 Å². The highest BCUT2D eigenvalue weighted by molar-refractivity contribution is 6.31. The number of anilines is 1. The highest BCUT2D eigenvalue weighted by Gasteiger charge is 2.10. The second-order valence-electron chi connectivity index (χ2n) is 6.35. The van der Waals surface area contributed by atoms with Crippen LogP contribution >= 0.6 is 11.6 Å². The number of ether oxygens (including phenoxy) is 1. The Bertz CT molecular complexity index is 1200. The molecule has 0 unspecified atom stereocenters. The topological polar surface area (TPSA) is 84.3 Å². The molecule has 0 radical (unpaired) electrons. The van der Waals surface area contributed by atoms with Gasteiger partial charge in [-0.25, -0.2) is 0 Å². The zero-order valence-corrected chi connectivity index (χ0v) is 16.1. The third-order valence-electron chi connectivity index (χ3n) is 4.39. The van der Waals surface area contributed by atoms with Gasteiger partial charge in [-0.05, 0) is 48.9 Å². The van der Waals surface area contributed by atoms with Crippen LogP contribution in [0.25, 0.3) is 17.2 Å². The Morgan fingerprint density at radius 2 is 1.96 bits per heavy atom. The van der Waals surface area contributed by atoms with E-state index in [0.29, 0.717) is 28.9 Å². The van der Waals surface area contributed by atoms with Crippen molar-refractivity contribution in [2.45, 2.75) is 13.5 Å². The molecule has 142 valence electrons. The number of fused-ring (bicyclic) bond motifs is 1. The standard InChI is InChI=1S/C20H18ClN5O2/c1-12-3-6-14(9-17(12)21)22-11-15-10-18(27)26-20(23-15)24-19(25-26)13-4-7-16(28-2)8-5-13/h3-10,22H,11H2,1-2H3,(H,23,24,25). The maximum atomic E-state index is 12.4. The summed E-state index contributed by atoms with van der Waals surface area (Å²) in [4.78, 5) is 20.0. The summed E-state index contributed by atoms with van der Waals surface area (Å²) < 4.78 is 6.41. The van der Waals surface area contributed by atoms with E-state index in [1.807, 2.05) is 49.4 Å². The van der Waals surface area contributed by atoms with Crippen LogP contribution in [-0.2, 0) is 6.54 Å². The SMILES string of the molecule is COc1ccc(-c2nc3[nH]c(CNc4ccc(C)c(Cl)c4)cc(=O)n3n2)cc1. The molecule has 0 bridgehead atoms. The van der Waals surface area contributed by atoms with Crippen LogP contribution in [0.2, 0.25) is 5.02 Å². The van der Waals surface area contributed by atoms with Crippen molar-refractivity contribution in [2.75, 3.05) is 12.4 Å². The van der Waals surface area contributed by atoms with Gasteiger partial charge in [-0.3, -0.25) is 4.79 Å². The van der Waals surface area contributed by atoms with Crippen molar-refractivity contribution in [2.24, 2.45) is 0 Å². The minimum Gasteiger partial charge on any atom is -0.497 e. The monoisotopic (exact) mass is 395 g/mol. The zero-order valence-electron chi connectivity index (χ0n) is 15.4. The van der Waals surface area contributed by atoms with E-state index in [1.165, 1.54) is 10.6 Å². The van der Waals surface area contributed by atoms with Crippen molar-refractivity contribution in [1.29, 1.82) is 0 Å². The van der Waals surface area contributed by atoms with Gasteiger partial charge in [0.25, 0.3) is 5.56 Å². The lowest BCUT2D eigenvalue weighted by Gasteiger charge is -2.08. The summed E-state index contributed by atoms with van der Waals surface area (Å²) in [6, 6.07) is 14.6. The van der Waals surface area contributed by atoms with Crippen LogP contribution in [0.4, 0.5) is 5.69 Å². The summed E-state index contributed by atoms with van der Waals surface area (Å²) in [5, 5.41) is 8.24. The second kappa shape index (κ2) is 7.36. The van der Waals surface area contributed by atoms with E-state index in [1.54, 1.807) is 7.11 Å². The number of nitrogens with one attached hydrogen (secondary N) is 2. The van der Waals surface area contributed by atoms with E-state index in [9.17, 15) is 4.79 Å². The number of H-pyrrole nitrogens is 1. The minimum atomic E-state index is -0.250. The predicted molar refractivity (Wildman–Crippen MR) is 109 cm³/mol. The van der Waals surface area contributed by atoms with Crippen molar-refractivity contribution >= 4 is 23.1 Å². The lowest BCUT2D eigenvalue weighted by atomic mass is 10.2. The first-order valence-electron chi connectivity index (χ1n) is 8.67. The molecule has 7 nitrogen and oxygen atoms in total. The number of aromatic amines is 1. The van der Waals surface area contributed by atoms with E-state index < -0.39 is 0 Å². The molecule has 0 spiro atoms. The molecule has 0 aliphatic carbocycles. The molecule has 0 aliphatic rings. The second-order valence-corrected chi connectivity index (χ2v) is 6.76. The van der Waals surface area contributed by atoms with E-state index in [4.69, 9.17) is 16.3 Å². The molecule has 0 fully saturated rings. The number of aromatic nitrogens is 4. The van der Waals surface area contributed by atoms with Crippen molar-refractivity contribution in [3.63, 3.8) is 0 Å². The number of methoxy groups -OCH3 is 1. The molecule has 8 heteroatoms. The molecule has 0 saturated carbocycles. The Morgan fingerprint density at radius 3 is 2.68 bits per heavy atom. The third kappa shape index (κ3) is 3.57. The highest BCUT2D eigenvalue weighted by Crippen LogP contribution is 2.21. The quantitative estimate of drug-likeness (QED) is 0.538. The molecule has 2 aromatic carbocycles. The average molecular weight is 396 g/mol. The van der Waals surface area contributed by atoms with Crippen LogP contribution in [0.1, 0.15) is 11.3 Å². The molecule has 2 aromatic heterocycles. The summed E-state index contributed by atoms with van der Waals surface area (Å²) in [5.41, 5.74) is 3.13. The van der Waals surface area contributed by atoms with Gasteiger partial charge in [-0.15, -0.1) is 5.10 Å². The molecule has 0 aliphatic heterocycles. The molecule has 2 N–H and O–H groups in total. The summed E-state index contributed by atoms with van der Waals surface area (Å²) >= 11 is 6.15. The Morgan fingerprint density at radius 1 is 1.18 bits per heavy atom. The fourth-order valence-electron chi connectivity index (χ4n) is 2.79. The Kier molecular flexibility index (Phi) is 4.75. The van der Waals surface area contributed by atoms with Crippen LogP contribution < -0.4 is 15.6 Å². The van der Waals surface area contributed by atoms with Crippen molar-refractivity contribution in [1.82, 2.24) is 19.6 Å². The first kappa shape index (κ1) is 18.1. The fourth-order valence-corrected chi connectivity index (χ4v) is 2.97. The van der Waals surface area contributed by atoms with Gasteiger partial charge in [0.2, 0.25) is 5.78 Å². The summed E-state index contributed by atoms with van der Waals surface area (Å²) in [7, 11) is 1.61. The molecular formula is C20H18ClN5O2. The van der Waals surface area contributed by atoms with E-state index in [0.717, 1.165) is 22.6 Å². The maximum absolute atomic E-state index is 12.4. The molecule has 28 heavy (non-hydrogen) atoms. The lowest BCUT2D eigenvalue weighted by Crippen LogP contribution is -2.17. The van der Waals surface area contributed by atoms with Crippen molar-refractivity contribution < 1.29 is 4.74 Å². The largest absolute Gasteiger partial charge is 0.497 e. The molecule has 0 amide bonds. The van der Waals surface area contributed by atoms with Crippen LogP contribution in [0.15, 0.2) is 53.3 Å². The number of aryl methyl sites for hydroxylation is 1. The van der Waals surface area contributed by atoms with Crippen molar-refractivity contribution in [3.8, 4) is 17.1 Å². The number of rotatable bonds is 5. The van der Waals surface area contributed by atoms with Gasteiger partial charge >= 0.3 is 0 Å². The maximum Gasteiger partial charge on any atom is 0.275 e. The average Bonchev–Trinajstić information content (AvgIpc) is 3.14. The van der Waals surface area contributed by atoms with Gasteiger partial charge in [0.05, 0.1) is 13.7 Å². The Hall–Kier alpha value is -3.32. The first-order valence-corrected chi connectivity index (χ1v) is 9.05. The van der Waals surface area contributed by atoms with Crippen molar-refractivity contribution in [3.05, 3.63) is 75.2 Å². The van der Waals surface area contributed by atoms with Gasteiger partial charge < -0.3 is 15.0 Å². The molecule has 4 rings (SSSR count). The van der Waals surface area contributed by atoms with Crippen LogP contribution in [-0.4, -0.2) is 26.7 Å². The van der Waals surface area contributed by atoms with Crippen LogP contribution in [0.5, 0.6) is 5.75 Å². The van der Waals surface area contributed by atoms with Gasteiger partial charge in [-0.1, -0.05) is 17.7 Å². The molecule has 2 heterocycles. The predicted octanol–water partition coefficient (Wildman–Crippen LogP) is 3.67. The van der Waals surface area contributed by atoms with Gasteiger partial charge in [0, 0.05) is 28.0 Å². The van der Waals surface area contributed by atoms with E-state index in [-0.39, 0.29) is 5.56 Å². The first-order chi connectivity index (χ1) is 13.5. The normalized spacial score (nSPS) is 11.0.